The maximum Gasteiger partial charge on any atom is 0.0897 e. The molecule has 2 bridgehead atoms. The summed E-state index contributed by atoms with van der Waals surface area (Å²) in [5, 5.41) is 10.5. The van der Waals surface area contributed by atoms with E-state index in [0.717, 1.165) is 25.7 Å². The SMILES string of the molecule is CC(C)[C@@]12C=C3[C@@H](CC[C@]3(C)O)[C@@](C)(CC1)O2. The van der Waals surface area contributed by atoms with Crippen LogP contribution in [0.3, 0.4) is 0 Å². The van der Waals surface area contributed by atoms with E-state index in [-0.39, 0.29) is 11.2 Å². The molecule has 1 aliphatic carbocycles. The van der Waals surface area contributed by atoms with Crippen LogP contribution in [0, 0.1) is 11.8 Å². The van der Waals surface area contributed by atoms with Gasteiger partial charge >= 0.3 is 0 Å². The second-order valence-corrected chi connectivity index (χ2v) is 6.99. The first kappa shape index (κ1) is 11.7. The monoisotopic (exact) mass is 236 g/mol. The summed E-state index contributed by atoms with van der Waals surface area (Å²) in [6.07, 6.45) is 6.48. The van der Waals surface area contributed by atoms with Gasteiger partial charge in [0.1, 0.15) is 0 Å². The van der Waals surface area contributed by atoms with Crippen molar-refractivity contribution in [3.8, 4) is 0 Å². The molecular formula is C15H24O2. The first-order valence-electron chi connectivity index (χ1n) is 6.95. The summed E-state index contributed by atoms with van der Waals surface area (Å²) in [7, 11) is 0. The lowest BCUT2D eigenvalue weighted by Gasteiger charge is -2.44. The number of rotatable bonds is 1. The summed E-state index contributed by atoms with van der Waals surface area (Å²) in [6, 6.07) is 0. The molecule has 0 radical (unpaired) electrons. The molecule has 0 unspecified atom stereocenters. The molecular weight excluding hydrogens is 212 g/mol. The van der Waals surface area contributed by atoms with E-state index in [2.05, 4.69) is 26.8 Å². The Morgan fingerprint density at radius 1 is 1.29 bits per heavy atom. The van der Waals surface area contributed by atoms with Gasteiger partial charge in [0, 0.05) is 5.92 Å². The minimum absolute atomic E-state index is 0.0329. The average Bonchev–Trinajstić information content (AvgIpc) is 2.67. The first-order valence-corrected chi connectivity index (χ1v) is 6.95. The van der Waals surface area contributed by atoms with Crippen molar-refractivity contribution in [3.63, 3.8) is 0 Å². The Hall–Kier alpha value is -0.340. The topological polar surface area (TPSA) is 29.5 Å². The summed E-state index contributed by atoms with van der Waals surface area (Å²) in [4.78, 5) is 0. The molecule has 1 N–H and O–H groups in total. The quantitative estimate of drug-likeness (QED) is 0.709. The molecule has 0 spiro atoms. The van der Waals surface area contributed by atoms with Crippen molar-refractivity contribution in [2.45, 2.75) is 70.2 Å². The average molecular weight is 236 g/mol. The fourth-order valence-electron chi connectivity index (χ4n) is 4.15. The second kappa shape index (κ2) is 3.16. The molecule has 0 aromatic rings. The Bertz CT molecular complexity index is 382. The lowest BCUT2D eigenvalue weighted by atomic mass is 9.79. The molecule has 17 heavy (non-hydrogen) atoms. The molecule has 0 aromatic carbocycles. The highest BCUT2D eigenvalue weighted by Crippen LogP contribution is 2.59. The van der Waals surface area contributed by atoms with E-state index in [9.17, 15) is 5.11 Å². The lowest BCUT2D eigenvalue weighted by Crippen LogP contribution is -2.46. The minimum Gasteiger partial charge on any atom is -0.386 e. The van der Waals surface area contributed by atoms with E-state index in [1.807, 2.05) is 6.92 Å². The molecule has 2 heterocycles. The van der Waals surface area contributed by atoms with Gasteiger partial charge in [0.05, 0.1) is 16.8 Å². The Morgan fingerprint density at radius 2 is 2.00 bits per heavy atom. The molecule has 1 saturated carbocycles. The molecule has 1 saturated heterocycles. The summed E-state index contributed by atoms with van der Waals surface area (Å²) >= 11 is 0. The third-order valence-electron chi connectivity index (χ3n) is 5.47. The molecule has 2 fully saturated rings. The van der Waals surface area contributed by atoms with Crippen molar-refractivity contribution in [1.29, 1.82) is 0 Å². The second-order valence-electron chi connectivity index (χ2n) is 6.99. The van der Waals surface area contributed by atoms with Crippen LogP contribution in [0.2, 0.25) is 0 Å². The van der Waals surface area contributed by atoms with Crippen LogP contribution in [0.1, 0.15) is 53.4 Å². The molecule has 0 aromatic heterocycles. The zero-order chi connectivity index (χ0) is 12.5. The maximum absolute atomic E-state index is 10.5. The van der Waals surface area contributed by atoms with Crippen LogP contribution in [0.15, 0.2) is 11.6 Å². The van der Waals surface area contributed by atoms with Crippen molar-refractivity contribution >= 4 is 0 Å². The van der Waals surface area contributed by atoms with Crippen LogP contribution >= 0.6 is 0 Å². The highest BCUT2D eigenvalue weighted by atomic mass is 16.5. The fraction of sp³-hybridized carbons (Fsp3) is 0.867. The summed E-state index contributed by atoms with van der Waals surface area (Å²) in [6.45, 7) is 8.68. The molecule has 2 aliphatic heterocycles. The Morgan fingerprint density at radius 3 is 2.65 bits per heavy atom. The Kier molecular flexibility index (Phi) is 2.18. The molecule has 96 valence electrons. The largest absolute Gasteiger partial charge is 0.386 e. The summed E-state index contributed by atoms with van der Waals surface area (Å²) in [5.41, 5.74) is 0.515. The Balaban J connectivity index is 2.11. The van der Waals surface area contributed by atoms with Crippen LogP contribution in [-0.4, -0.2) is 21.9 Å². The van der Waals surface area contributed by atoms with Crippen LogP contribution in [0.5, 0.6) is 0 Å². The van der Waals surface area contributed by atoms with Gasteiger partial charge < -0.3 is 9.84 Å². The van der Waals surface area contributed by atoms with Gasteiger partial charge in [-0.2, -0.15) is 0 Å². The highest BCUT2D eigenvalue weighted by Gasteiger charge is 2.59. The van der Waals surface area contributed by atoms with E-state index in [4.69, 9.17) is 4.74 Å². The van der Waals surface area contributed by atoms with Crippen molar-refractivity contribution in [2.75, 3.05) is 0 Å². The summed E-state index contributed by atoms with van der Waals surface area (Å²) in [5.74, 6) is 0.918. The molecule has 3 aliphatic rings. The van der Waals surface area contributed by atoms with E-state index < -0.39 is 5.60 Å². The molecule has 2 heteroatoms. The van der Waals surface area contributed by atoms with Crippen LogP contribution in [0.4, 0.5) is 0 Å². The van der Waals surface area contributed by atoms with Gasteiger partial charge in [-0.15, -0.1) is 0 Å². The highest BCUT2D eigenvalue weighted by molar-refractivity contribution is 5.35. The number of fused-ring (bicyclic) bond motifs is 4. The molecule has 3 rings (SSSR count). The van der Waals surface area contributed by atoms with Crippen molar-refractivity contribution in [1.82, 2.24) is 0 Å². The Labute approximate surface area is 104 Å². The van der Waals surface area contributed by atoms with E-state index in [0.29, 0.717) is 11.8 Å². The zero-order valence-corrected chi connectivity index (χ0v) is 11.4. The third-order valence-corrected chi connectivity index (χ3v) is 5.47. The van der Waals surface area contributed by atoms with Gasteiger partial charge in [0.15, 0.2) is 0 Å². The molecule has 4 atom stereocenters. The number of hydrogen-bond acceptors (Lipinski definition) is 2. The molecule has 0 amide bonds. The number of ether oxygens (including phenoxy) is 1. The van der Waals surface area contributed by atoms with Crippen LogP contribution in [-0.2, 0) is 4.74 Å². The van der Waals surface area contributed by atoms with Gasteiger partial charge in [-0.3, -0.25) is 0 Å². The van der Waals surface area contributed by atoms with E-state index in [1.165, 1.54) is 5.57 Å². The summed E-state index contributed by atoms with van der Waals surface area (Å²) < 4.78 is 6.45. The lowest BCUT2D eigenvalue weighted by molar-refractivity contribution is -0.124. The fourth-order valence-corrected chi connectivity index (χ4v) is 4.15. The van der Waals surface area contributed by atoms with Gasteiger partial charge in [-0.05, 0) is 51.0 Å². The standard InChI is InChI=1S/C15H24O2/c1-10(2)15-8-7-14(4,17-15)11-5-6-13(3,16)12(11)9-15/h9-11,16H,5-8H2,1-4H3/t11-,13+,14-,15+/m1/s1. The van der Waals surface area contributed by atoms with E-state index >= 15 is 0 Å². The van der Waals surface area contributed by atoms with Crippen LogP contribution in [0.25, 0.3) is 0 Å². The predicted molar refractivity (Wildman–Crippen MR) is 67.7 cm³/mol. The van der Waals surface area contributed by atoms with Crippen molar-refractivity contribution in [2.24, 2.45) is 11.8 Å². The van der Waals surface area contributed by atoms with Gasteiger partial charge in [0.2, 0.25) is 0 Å². The number of hydrogen-bond donors (Lipinski definition) is 1. The third kappa shape index (κ3) is 1.40. The normalized spacial score (nSPS) is 52.8. The van der Waals surface area contributed by atoms with Crippen molar-refractivity contribution in [3.05, 3.63) is 11.6 Å². The first-order chi connectivity index (χ1) is 7.79. The molecule has 2 nitrogen and oxygen atoms in total. The van der Waals surface area contributed by atoms with Crippen LogP contribution < -0.4 is 0 Å². The predicted octanol–water partition coefficient (Wildman–Crippen LogP) is 3.05. The van der Waals surface area contributed by atoms with Gasteiger partial charge in [-0.1, -0.05) is 19.9 Å². The van der Waals surface area contributed by atoms with Crippen molar-refractivity contribution < 1.29 is 9.84 Å². The minimum atomic E-state index is -0.597. The zero-order valence-electron chi connectivity index (χ0n) is 11.4. The maximum atomic E-state index is 10.5. The van der Waals surface area contributed by atoms with Gasteiger partial charge in [-0.25, -0.2) is 0 Å². The van der Waals surface area contributed by atoms with E-state index in [1.54, 1.807) is 0 Å². The number of aliphatic hydroxyl groups is 1. The smallest absolute Gasteiger partial charge is 0.0897 e. The van der Waals surface area contributed by atoms with Gasteiger partial charge in [0.25, 0.3) is 0 Å².